The number of hydrogen-bond donors (Lipinski definition) is 3. The average molecular weight is 377 g/mol. The number of fused-ring (bicyclic) bond motifs is 3. The third kappa shape index (κ3) is 3.24. The van der Waals surface area contributed by atoms with Crippen LogP contribution in [0, 0.1) is 0 Å². The molecule has 2 amide bonds. The van der Waals surface area contributed by atoms with Gasteiger partial charge in [0.1, 0.15) is 0 Å². The summed E-state index contributed by atoms with van der Waals surface area (Å²) in [7, 11) is 0. The quantitative estimate of drug-likeness (QED) is 0.738. The SMILES string of the molecule is CC(=O)Nc1nc2c(s1)-c1c(c(C(=O)NCCO)nn1C(C)C)C(C)C2. The van der Waals surface area contributed by atoms with Gasteiger partial charge in [0.15, 0.2) is 10.8 Å². The lowest BCUT2D eigenvalue weighted by atomic mass is 9.87. The number of carbonyl (C=O) groups is 2. The maximum Gasteiger partial charge on any atom is 0.272 e. The highest BCUT2D eigenvalue weighted by molar-refractivity contribution is 7.19. The molecule has 2 aromatic heterocycles. The van der Waals surface area contributed by atoms with E-state index >= 15 is 0 Å². The van der Waals surface area contributed by atoms with Gasteiger partial charge in [-0.1, -0.05) is 18.3 Å². The van der Waals surface area contributed by atoms with Crippen molar-refractivity contribution in [2.24, 2.45) is 0 Å². The third-order valence-corrected chi connectivity index (χ3v) is 5.26. The molecular weight excluding hydrogens is 354 g/mol. The molecule has 1 aliphatic carbocycles. The van der Waals surface area contributed by atoms with Crippen LogP contribution in [0.25, 0.3) is 10.6 Å². The van der Waals surface area contributed by atoms with Crippen LogP contribution in [0.1, 0.15) is 61.4 Å². The van der Waals surface area contributed by atoms with Crippen molar-refractivity contribution < 1.29 is 14.7 Å². The summed E-state index contributed by atoms with van der Waals surface area (Å²) in [5.74, 6) is -0.366. The van der Waals surface area contributed by atoms with E-state index in [0.29, 0.717) is 17.2 Å². The van der Waals surface area contributed by atoms with Gasteiger partial charge in [0, 0.05) is 25.1 Å². The smallest absolute Gasteiger partial charge is 0.272 e. The highest BCUT2D eigenvalue weighted by Gasteiger charge is 2.35. The second kappa shape index (κ2) is 7.16. The second-order valence-corrected chi connectivity index (χ2v) is 7.71. The predicted octanol–water partition coefficient (Wildman–Crippen LogP) is 1.93. The standard InChI is InChI=1S/C17H23N5O3S/c1-8(2)22-14-12(13(21-22)16(25)18-5-6-23)9(3)7-11-15(14)26-17(20-11)19-10(4)24/h8-9,23H,5-7H2,1-4H3,(H,18,25)(H,19,20,24). The summed E-state index contributed by atoms with van der Waals surface area (Å²) < 4.78 is 1.85. The van der Waals surface area contributed by atoms with Crippen molar-refractivity contribution in [1.29, 1.82) is 0 Å². The first kappa shape index (κ1) is 18.5. The number of carbonyl (C=O) groups excluding carboxylic acids is 2. The van der Waals surface area contributed by atoms with Crippen LogP contribution in [0.15, 0.2) is 0 Å². The van der Waals surface area contributed by atoms with Gasteiger partial charge in [-0.3, -0.25) is 14.3 Å². The van der Waals surface area contributed by atoms with E-state index in [1.165, 1.54) is 18.3 Å². The predicted molar refractivity (Wildman–Crippen MR) is 99.6 cm³/mol. The molecule has 0 saturated heterocycles. The molecule has 0 bridgehead atoms. The van der Waals surface area contributed by atoms with E-state index in [9.17, 15) is 9.59 Å². The first-order chi connectivity index (χ1) is 12.3. The highest BCUT2D eigenvalue weighted by Crippen LogP contribution is 2.46. The maximum absolute atomic E-state index is 12.6. The van der Waals surface area contributed by atoms with Crippen molar-refractivity contribution >= 4 is 28.3 Å². The lowest BCUT2D eigenvalue weighted by molar-refractivity contribution is -0.114. The molecule has 0 aromatic carbocycles. The van der Waals surface area contributed by atoms with E-state index in [1.54, 1.807) is 0 Å². The van der Waals surface area contributed by atoms with Crippen molar-refractivity contribution in [3.63, 3.8) is 0 Å². The molecule has 0 saturated carbocycles. The number of aromatic nitrogens is 3. The van der Waals surface area contributed by atoms with Gasteiger partial charge in [-0.05, 0) is 26.2 Å². The van der Waals surface area contributed by atoms with Gasteiger partial charge < -0.3 is 15.7 Å². The number of rotatable bonds is 5. The molecule has 0 fully saturated rings. The Morgan fingerprint density at radius 2 is 2.15 bits per heavy atom. The molecular formula is C17H23N5O3S. The van der Waals surface area contributed by atoms with Crippen LogP contribution < -0.4 is 10.6 Å². The lowest BCUT2D eigenvalue weighted by Gasteiger charge is -2.20. The molecule has 26 heavy (non-hydrogen) atoms. The molecule has 2 aromatic rings. The number of thiazole rings is 1. The minimum Gasteiger partial charge on any atom is -0.395 e. The van der Waals surface area contributed by atoms with Crippen molar-refractivity contribution in [2.75, 3.05) is 18.5 Å². The summed E-state index contributed by atoms with van der Waals surface area (Å²) in [4.78, 5) is 29.4. The average Bonchev–Trinajstić information content (AvgIpc) is 3.13. The number of amides is 2. The van der Waals surface area contributed by atoms with Crippen LogP contribution in [0.5, 0.6) is 0 Å². The monoisotopic (exact) mass is 377 g/mol. The number of aliphatic hydroxyl groups is 1. The summed E-state index contributed by atoms with van der Waals surface area (Å²) in [5.41, 5.74) is 3.12. The van der Waals surface area contributed by atoms with Crippen molar-refractivity contribution in [3.05, 3.63) is 17.0 Å². The van der Waals surface area contributed by atoms with E-state index in [2.05, 4.69) is 20.7 Å². The van der Waals surface area contributed by atoms with Gasteiger partial charge >= 0.3 is 0 Å². The zero-order valence-electron chi connectivity index (χ0n) is 15.3. The Morgan fingerprint density at radius 1 is 1.42 bits per heavy atom. The van der Waals surface area contributed by atoms with Crippen LogP contribution in [0.3, 0.4) is 0 Å². The number of hydrogen-bond acceptors (Lipinski definition) is 6. The largest absolute Gasteiger partial charge is 0.395 e. The molecule has 3 rings (SSSR count). The molecule has 1 aliphatic rings. The molecule has 0 aliphatic heterocycles. The third-order valence-electron chi connectivity index (χ3n) is 4.24. The van der Waals surface area contributed by atoms with Crippen LogP contribution in [0.2, 0.25) is 0 Å². The number of nitrogens with zero attached hydrogens (tertiary/aromatic N) is 3. The van der Waals surface area contributed by atoms with Crippen LogP contribution in [-0.2, 0) is 11.2 Å². The Bertz CT molecular complexity index is 855. The molecule has 2 heterocycles. The topological polar surface area (TPSA) is 109 Å². The Balaban J connectivity index is 2.14. The Kier molecular flexibility index (Phi) is 5.10. The van der Waals surface area contributed by atoms with Crippen LogP contribution in [-0.4, -0.2) is 44.8 Å². The number of anilines is 1. The van der Waals surface area contributed by atoms with Crippen molar-refractivity contribution in [1.82, 2.24) is 20.1 Å². The molecule has 0 spiro atoms. The molecule has 9 heteroatoms. The Labute approximate surface area is 155 Å². The van der Waals surface area contributed by atoms with E-state index in [0.717, 1.165) is 21.8 Å². The lowest BCUT2D eigenvalue weighted by Crippen LogP contribution is -2.28. The molecule has 1 unspecified atom stereocenters. The van der Waals surface area contributed by atoms with Crippen molar-refractivity contribution in [3.8, 4) is 10.6 Å². The molecule has 3 N–H and O–H groups in total. The number of nitrogens with one attached hydrogen (secondary N) is 2. The summed E-state index contributed by atoms with van der Waals surface area (Å²) in [6.45, 7) is 7.60. The zero-order chi connectivity index (χ0) is 19.0. The van der Waals surface area contributed by atoms with E-state index in [-0.39, 0.29) is 36.9 Å². The minimum atomic E-state index is -0.281. The Hall–Kier alpha value is -2.26. The fourth-order valence-corrected chi connectivity index (χ4v) is 4.30. The van der Waals surface area contributed by atoms with Gasteiger partial charge in [-0.15, -0.1) is 0 Å². The van der Waals surface area contributed by atoms with Gasteiger partial charge in [-0.25, -0.2) is 4.98 Å². The Morgan fingerprint density at radius 3 is 2.77 bits per heavy atom. The highest BCUT2D eigenvalue weighted by atomic mass is 32.1. The maximum atomic E-state index is 12.6. The molecule has 0 radical (unpaired) electrons. The van der Waals surface area contributed by atoms with Gasteiger partial charge in [0.25, 0.3) is 5.91 Å². The summed E-state index contributed by atoms with van der Waals surface area (Å²) in [5, 5.41) is 19.5. The van der Waals surface area contributed by atoms with Gasteiger partial charge in [0.05, 0.1) is 22.9 Å². The van der Waals surface area contributed by atoms with Crippen LogP contribution in [0.4, 0.5) is 5.13 Å². The van der Waals surface area contributed by atoms with Gasteiger partial charge in [0.2, 0.25) is 5.91 Å². The summed E-state index contributed by atoms with van der Waals surface area (Å²) in [6, 6.07) is 0.0626. The second-order valence-electron chi connectivity index (χ2n) is 6.71. The van der Waals surface area contributed by atoms with E-state index in [1.807, 2.05) is 25.5 Å². The molecule has 1 atom stereocenters. The summed E-state index contributed by atoms with van der Waals surface area (Å²) >= 11 is 1.41. The zero-order valence-corrected chi connectivity index (χ0v) is 16.1. The first-order valence-corrected chi connectivity index (χ1v) is 9.44. The fraction of sp³-hybridized carbons (Fsp3) is 0.529. The molecule has 140 valence electrons. The van der Waals surface area contributed by atoms with Gasteiger partial charge in [-0.2, -0.15) is 5.10 Å². The minimum absolute atomic E-state index is 0.0626. The van der Waals surface area contributed by atoms with Crippen molar-refractivity contribution in [2.45, 2.75) is 46.1 Å². The van der Waals surface area contributed by atoms with Crippen LogP contribution >= 0.6 is 11.3 Å². The fourth-order valence-electron chi connectivity index (χ4n) is 3.21. The summed E-state index contributed by atoms with van der Waals surface area (Å²) in [6.07, 6.45) is 0.683. The van der Waals surface area contributed by atoms with E-state index in [4.69, 9.17) is 5.11 Å². The number of aliphatic hydroxyl groups excluding tert-OH is 1. The normalized spacial score (nSPS) is 15.5. The van der Waals surface area contributed by atoms with E-state index < -0.39 is 0 Å². The molecule has 8 nitrogen and oxygen atoms in total. The first-order valence-electron chi connectivity index (χ1n) is 8.62.